The number of rotatable bonds is 8. The Hall–Kier alpha value is -1.88. The zero-order chi connectivity index (χ0) is 24.6. The molecule has 4 N–H and O–H groups in total. The molecule has 182 valence electrons. The Morgan fingerprint density at radius 2 is 2.20 bits per heavy atom. The summed E-state index contributed by atoms with van der Waals surface area (Å²) < 4.78 is 18.5. The SMILES string of the molecule is CO[C@@]1(NC(=O)Cc2csc(N)n2)C(=O)N2C(C(=O)O)=C(CSc3ccc(C)nn3)CS(=O)[C@@H]21.[H-].[Na+]. The molecule has 2 aliphatic heterocycles. The number of aromatic nitrogens is 3. The Kier molecular flexibility index (Phi) is 8.73. The number of β-lactam (4-membered cyclic amide) rings is 1. The monoisotopic (exact) mass is 548 g/mol. The minimum atomic E-state index is -1.94. The van der Waals surface area contributed by atoms with Crippen LogP contribution in [0.2, 0.25) is 0 Å². The van der Waals surface area contributed by atoms with Crippen LogP contribution in [-0.4, -0.2) is 76.9 Å². The van der Waals surface area contributed by atoms with Gasteiger partial charge in [-0.3, -0.25) is 18.7 Å². The number of thioether (sulfide) groups is 1. The van der Waals surface area contributed by atoms with E-state index < -0.39 is 39.7 Å². The second-order valence-electron chi connectivity index (χ2n) is 7.45. The number of nitrogen functional groups attached to an aromatic ring is 1. The van der Waals surface area contributed by atoms with E-state index in [1.165, 1.54) is 30.2 Å². The summed E-state index contributed by atoms with van der Waals surface area (Å²) in [6.45, 7) is 1.79. The third-order valence-electron chi connectivity index (χ3n) is 5.19. The molecule has 4 rings (SSSR count). The van der Waals surface area contributed by atoms with Crippen LogP contribution in [0.3, 0.4) is 0 Å². The Balaban J connectivity index is 0.00000228. The average molecular weight is 549 g/mol. The average Bonchev–Trinajstić information content (AvgIpc) is 3.20. The molecule has 1 unspecified atom stereocenters. The predicted octanol–water partition coefficient (Wildman–Crippen LogP) is -3.00. The Morgan fingerprint density at radius 3 is 2.77 bits per heavy atom. The molecule has 0 aliphatic carbocycles. The van der Waals surface area contributed by atoms with E-state index in [9.17, 15) is 23.7 Å². The van der Waals surface area contributed by atoms with Gasteiger partial charge in [0, 0.05) is 18.2 Å². The quantitative estimate of drug-likeness (QED) is 0.133. The number of carboxylic acids is 1. The van der Waals surface area contributed by atoms with Crippen LogP contribution in [0.25, 0.3) is 0 Å². The predicted molar refractivity (Wildman–Crippen MR) is 125 cm³/mol. The number of aryl methyl sites for hydroxylation is 1. The smallest absolute Gasteiger partial charge is 1.00 e. The van der Waals surface area contributed by atoms with E-state index >= 15 is 0 Å². The second-order valence-corrected chi connectivity index (χ2v) is 10.8. The van der Waals surface area contributed by atoms with E-state index in [0.29, 0.717) is 21.4 Å². The summed E-state index contributed by atoms with van der Waals surface area (Å²) in [4.78, 5) is 42.8. The minimum Gasteiger partial charge on any atom is -1.00 e. The van der Waals surface area contributed by atoms with Crippen molar-refractivity contribution >= 4 is 56.8 Å². The van der Waals surface area contributed by atoms with Crippen molar-refractivity contribution in [3.63, 3.8) is 0 Å². The molecular weight excluding hydrogens is 527 g/mol. The second kappa shape index (κ2) is 11.0. The van der Waals surface area contributed by atoms with Gasteiger partial charge in [0.1, 0.15) is 10.7 Å². The normalized spacial score (nSPS) is 23.3. The molecule has 16 heteroatoms. The fraction of sp³-hybridized carbons (Fsp3) is 0.368. The largest absolute Gasteiger partial charge is 1.00 e. The van der Waals surface area contributed by atoms with Gasteiger partial charge in [-0.2, -0.15) is 5.10 Å². The Morgan fingerprint density at radius 1 is 1.46 bits per heavy atom. The number of thiazole rings is 1. The minimum absolute atomic E-state index is 0. The number of fused-ring (bicyclic) bond motifs is 1. The van der Waals surface area contributed by atoms with Crippen molar-refractivity contribution in [2.75, 3.05) is 24.3 Å². The van der Waals surface area contributed by atoms with E-state index in [-0.39, 0.29) is 54.6 Å². The van der Waals surface area contributed by atoms with Crippen LogP contribution in [-0.2, 0) is 36.3 Å². The van der Waals surface area contributed by atoms with E-state index in [1.807, 2.05) is 0 Å². The van der Waals surface area contributed by atoms with Crippen LogP contribution in [0.4, 0.5) is 5.13 Å². The molecule has 2 aromatic rings. The van der Waals surface area contributed by atoms with Crippen LogP contribution in [0.1, 0.15) is 12.8 Å². The maximum atomic E-state index is 13.2. The molecule has 0 bridgehead atoms. The number of carbonyl (C=O) groups is 3. The maximum Gasteiger partial charge on any atom is 1.00 e. The number of hydrogen-bond donors (Lipinski definition) is 3. The molecule has 12 nitrogen and oxygen atoms in total. The van der Waals surface area contributed by atoms with Gasteiger partial charge in [-0.15, -0.1) is 28.2 Å². The van der Waals surface area contributed by atoms with Gasteiger partial charge in [-0.25, -0.2) is 9.78 Å². The first-order valence-electron chi connectivity index (χ1n) is 9.81. The van der Waals surface area contributed by atoms with E-state index in [1.54, 1.807) is 24.4 Å². The van der Waals surface area contributed by atoms with E-state index in [2.05, 4.69) is 20.5 Å². The van der Waals surface area contributed by atoms with Crippen LogP contribution in [0, 0.1) is 6.92 Å². The molecule has 0 radical (unpaired) electrons. The first-order chi connectivity index (χ1) is 16.2. The summed E-state index contributed by atoms with van der Waals surface area (Å²) in [6.07, 6.45) is -0.174. The molecule has 4 heterocycles. The molecule has 1 fully saturated rings. The van der Waals surface area contributed by atoms with Crippen molar-refractivity contribution in [1.82, 2.24) is 25.4 Å². The van der Waals surface area contributed by atoms with Crippen molar-refractivity contribution in [3.8, 4) is 0 Å². The van der Waals surface area contributed by atoms with Gasteiger partial charge in [0.25, 0.3) is 11.6 Å². The van der Waals surface area contributed by atoms with Crippen molar-refractivity contribution in [1.29, 1.82) is 0 Å². The van der Waals surface area contributed by atoms with E-state index in [0.717, 1.165) is 10.6 Å². The zero-order valence-electron chi connectivity index (χ0n) is 20.0. The number of nitrogens with two attached hydrogens (primary N) is 1. The number of aliphatic carboxylic acids is 1. The molecule has 0 saturated carbocycles. The number of amides is 2. The zero-order valence-corrected chi connectivity index (χ0v) is 23.5. The van der Waals surface area contributed by atoms with Crippen LogP contribution < -0.4 is 40.6 Å². The number of hydrogen-bond acceptors (Lipinski definition) is 11. The van der Waals surface area contributed by atoms with Gasteiger partial charge >= 0.3 is 35.5 Å². The number of nitrogens with one attached hydrogen (secondary N) is 1. The van der Waals surface area contributed by atoms with Crippen LogP contribution in [0.15, 0.2) is 33.8 Å². The van der Waals surface area contributed by atoms with Gasteiger partial charge in [0.2, 0.25) is 5.91 Å². The number of ether oxygens (including phenoxy) is 1. The topological polar surface area (TPSA) is 178 Å². The van der Waals surface area contributed by atoms with Gasteiger partial charge in [-0.1, -0.05) is 0 Å². The summed E-state index contributed by atoms with van der Waals surface area (Å²) in [5.41, 5.74) is 4.83. The van der Waals surface area contributed by atoms with E-state index in [4.69, 9.17) is 10.5 Å². The summed E-state index contributed by atoms with van der Waals surface area (Å²) >= 11 is 2.39. The van der Waals surface area contributed by atoms with Crippen molar-refractivity contribution in [3.05, 3.63) is 40.2 Å². The number of nitrogens with zero attached hydrogens (tertiary/aromatic N) is 4. The van der Waals surface area contributed by atoms with Gasteiger partial charge in [0.15, 0.2) is 10.5 Å². The van der Waals surface area contributed by atoms with Gasteiger partial charge in [0.05, 0.1) is 34.4 Å². The van der Waals surface area contributed by atoms with Crippen LogP contribution in [0.5, 0.6) is 0 Å². The standard InChI is InChI=1S/C19H20N6O6S3.Na.H/c1-9-3-4-13(24-23-9)32-6-10-8-34(30)17-19(31-2,16(29)25(17)14(10)15(27)28)22-12(26)5-11-7-33-18(20)21-11;;/h3-4,7,17H,5-6,8H2,1-2H3,(H2,20,21)(H,22,26)(H,27,28);;/q;+1;-1/t17-,19+,34?;;/m1../s1. The molecule has 0 spiro atoms. The van der Waals surface area contributed by atoms with Crippen molar-refractivity contribution < 1.29 is 59.4 Å². The molecule has 2 aromatic heterocycles. The third-order valence-corrected chi connectivity index (χ3v) is 8.59. The number of methoxy groups -OCH3 is 1. The Labute approximate surface area is 234 Å². The summed E-state index contributed by atoms with van der Waals surface area (Å²) in [7, 11) is -0.551. The Bertz CT molecular complexity index is 1230. The van der Waals surface area contributed by atoms with Crippen LogP contribution >= 0.6 is 23.1 Å². The van der Waals surface area contributed by atoms with Crippen molar-refractivity contribution in [2.45, 2.75) is 29.5 Å². The van der Waals surface area contributed by atoms with Gasteiger partial charge < -0.3 is 22.3 Å². The first-order valence-corrected chi connectivity index (χ1v) is 13.1. The maximum absolute atomic E-state index is 13.2. The molecule has 35 heavy (non-hydrogen) atoms. The summed E-state index contributed by atoms with van der Waals surface area (Å²) in [5, 5.41) is 21.6. The van der Waals surface area contributed by atoms with Crippen molar-refractivity contribution in [2.24, 2.45) is 0 Å². The number of carboxylic acid groups (broad SMARTS) is 1. The fourth-order valence-electron chi connectivity index (χ4n) is 3.68. The van der Waals surface area contributed by atoms with Gasteiger partial charge in [-0.05, 0) is 24.6 Å². The third kappa shape index (κ3) is 5.30. The summed E-state index contributed by atoms with van der Waals surface area (Å²) in [5.74, 6) is -2.70. The molecular formula is C19H21N6NaO6S3. The number of anilines is 1. The molecule has 0 aromatic carbocycles. The first kappa shape index (κ1) is 27.7. The molecule has 1 saturated heterocycles. The molecule has 2 aliphatic rings. The fourth-order valence-corrected chi connectivity index (χ4v) is 7.00. The summed E-state index contributed by atoms with van der Waals surface area (Å²) in [6, 6.07) is 3.51. The molecule has 3 atom stereocenters. The molecule has 2 amide bonds. The number of carbonyl (C=O) groups excluding carboxylic acids is 2.